The third-order valence-corrected chi connectivity index (χ3v) is 26.9. The summed E-state index contributed by atoms with van der Waals surface area (Å²) in [5, 5.41) is 85.0. The first-order valence-electron chi connectivity index (χ1n) is 42.1. The third kappa shape index (κ3) is 19.0. The van der Waals surface area contributed by atoms with Gasteiger partial charge in [-0.05, 0) is 118 Å². The Balaban J connectivity index is 0.000000259. The molecule has 2 saturated heterocycles. The maximum absolute atomic E-state index is 15.5. The van der Waals surface area contributed by atoms with Gasteiger partial charge in [-0.3, -0.25) is 38.4 Å². The maximum Gasteiger partial charge on any atom is 0.342 e. The van der Waals surface area contributed by atoms with Crippen LogP contribution in [0.15, 0.2) is 169 Å². The number of nitrogens with one attached hydrogen (secondary N) is 1. The van der Waals surface area contributed by atoms with E-state index < -0.39 is 225 Å². The van der Waals surface area contributed by atoms with Crippen LogP contribution in [0.2, 0.25) is 0 Å². The molecular weight excluding hydrogens is 1660 g/mol. The normalized spacial score (nSPS) is 31.3. The minimum Gasteiger partial charge on any atom is -1.00 e. The van der Waals surface area contributed by atoms with Crippen molar-refractivity contribution in [2.75, 3.05) is 13.2 Å². The SMILES string of the molecule is C=CCCCCC(=O)N[C@H](c1ccccc1)[C@@H](O)C(=O)O[C@H]1C[C@@]2(O)[C@@H](OC(=O)c3ccccc3)[C@@H]3[C@]4(OC(C)=O)CO[C@@H]4C[C@H](O)[C@@]3(C)C(=O)[C@H](OC(C)=O)C(=C1C)C2(C)C.C=CCCCCC(=O)O.CC(=O)O[C@H]1C(=O)[C@@]2(C)[C@H]([C@H](OC(=O)c3ccccc3)[C@]3(O)C[C@H](OC(=O)[C@H](O)C([NH3+])c4ccccc4)C(C)=C1C3(C)C)[C@]1(OC(C)=O)CO[C@@H]1C[C@@H]2O.[Cl-]. The fourth-order valence-corrected chi connectivity index (χ4v) is 20.0. The van der Waals surface area contributed by atoms with Crippen LogP contribution >= 0.6 is 0 Å². The van der Waals surface area contributed by atoms with E-state index in [-0.39, 0.29) is 84.7 Å². The summed E-state index contributed by atoms with van der Waals surface area (Å²) in [5.74, 6) is -13.2. The van der Waals surface area contributed by atoms with E-state index in [0.717, 1.165) is 40.0 Å². The minimum atomic E-state index is -2.38. The van der Waals surface area contributed by atoms with Crippen molar-refractivity contribution in [2.24, 2.45) is 33.5 Å². The average Bonchev–Trinajstić information content (AvgIpc) is 0.671. The monoisotopic (exact) mass is 1770 g/mol. The highest BCUT2D eigenvalue weighted by molar-refractivity contribution is 5.97. The zero-order valence-electron chi connectivity index (χ0n) is 73.0. The van der Waals surface area contributed by atoms with Crippen LogP contribution in [-0.2, 0) is 95.3 Å². The van der Waals surface area contributed by atoms with Gasteiger partial charge in [0.25, 0.3) is 0 Å². The zero-order valence-corrected chi connectivity index (χ0v) is 73.7. The Bertz CT molecular complexity index is 4790. The lowest BCUT2D eigenvalue weighted by Crippen LogP contribution is -3.00. The summed E-state index contributed by atoms with van der Waals surface area (Å²) in [6, 6.07) is 30.5. The van der Waals surface area contributed by atoms with Gasteiger partial charge in [-0.2, -0.15) is 0 Å². The predicted octanol–water partition coefficient (Wildman–Crippen LogP) is 4.54. The number of carboxylic acid groups (broad SMARTS) is 1. The number of carboxylic acids is 1. The number of Topliss-reactive ketones (excluding diaryl/α,β-unsaturated/α-hetero) is 2. The van der Waals surface area contributed by atoms with Gasteiger partial charge in [0, 0.05) is 82.6 Å². The summed E-state index contributed by atoms with van der Waals surface area (Å²) in [6.45, 7) is 23.4. The molecular formula is C94H117ClN2O29. The van der Waals surface area contributed by atoms with Crippen LogP contribution in [0.4, 0.5) is 0 Å². The molecule has 12 rings (SSSR count). The number of hydrogen-bond acceptors (Lipinski definition) is 28. The second-order valence-electron chi connectivity index (χ2n) is 35.2. The molecule has 1 unspecified atom stereocenters. The molecule has 4 saturated carbocycles. The standard InChI is InChI=1S/C47H57NO14.C40H47NO13.C7H12O2.ClH/c1-8-9-10-17-22-34(52)48-36(29-18-13-11-14-19-29)37(53)43(56)60-31-24-47(57)41(61-42(55)30-20-15-12-16-21-30)39-45(7,32(51)23-33-46(39,25-58-33)62-28(4)50)40(54)38(59-27(3)49)35(26(31)2)44(47,5)6;1-20-25(52-36(48)30(45)29(41)23-13-9-7-10-14-23)18-40(49)34(53-35(47)24-15-11-8-12-16-24)32-38(6,26(44)17-27-39(32,19-50-27)54-22(3)43)33(46)31(51-21(2)42)28(20)37(40,4)5;1-2-3-4-5-6-7(8)9;/h8,11-16,18-21,31-33,36-39,41,51,53,57H,1,9-10,17,22-25H2,2-7H3,(H,48,52);7-16,25-27,29-32,34,44-45,49H,17-19,41H2,1-6H3;2H,1,3-6H2,(H,8,9);1H/t31-,32-,33+,36+,37+,38+,39-,41-,45+,46-,47+;25-,26-,27+,29?,30+,31+,32-,34-,38+,39-,40+;;/m00../s1. The first-order chi connectivity index (χ1) is 58.8. The molecule has 8 aliphatic rings. The number of ketones is 2. The third-order valence-electron chi connectivity index (χ3n) is 26.9. The lowest BCUT2D eigenvalue weighted by atomic mass is 9.44. The number of halogens is 1. The minimum absolute atomic E-state index is 0. The van der Waals surface area contributed by atoms with E-state index in [1.54, 1.807) is 138 Å². The number of quaternary nitrogens is 1. The lowest BCUT2D eigenvalue weighted by Gasteiger charge is -2.67. The van der Waals surface area contributed by atoms with Crippen molar-refractivity contribution < 1.29 is 159 Å². The van der Waals surface area contributed by atoms with Crippen LogP contribution in [0.25, 0.3) is 0 Å². The second-order valence-corrected chi connectivity index (χ2v) is 35.2. The van der Waals surface area contributed by atoms with Gasteiger partial charge < -0.3 is 107 Å². The summed E-state index contributed by atoms with van der Waals surface area (Å²) in [6.07, 6.45) is -11.6. The number of esters is 8. The van der Waals surface area contributed by atoms with E-state index in [9.17, 15) is 78.6 Å². The van der Waals surface area contributed by atoms with E-state index in [4.69, 9.17) is 52.5 Å². The molecule has 0 aromatic heterocycles. The summed E-state index contributed by atoms with van der Waals surface area (Å²) in [4.78, 5) is 162. The van der Waals surface area contributed by atoms with Crippen molar-refractivity contribution in [3.8, 4) is 0 Å². The smallest absolute Gasteiger partial charge is 0.342 e. The highest BCUT2D eigenvalue weighted by atomic mass is 35.5. The Kier molecular flexibility index (Phi) is 31.6. The van der Waals surface area contributed by atoms with Gasteiger partial charge in [0.2, 0.25) is 12.0 Å². The van der Waals surface area contributed by atoms with Crippen LogP contribution < -0.4 is 23.5 Å². The van der Waals surface area contributed by atoms with E-state index >= 15 is 9.59 Å². The Hall–Kier alpha value is -10.2. The van der Waals surface area contributed by atoms with E-state index in [1.807, 2.05) is 6.08 Å². The van der Waals surface area contributed by atoms with Crippen LogP contribution in [-0.4, -0.2) is 216 Å². The average molecular weight is 1770 g/mol. The molecule has 2 heterocycles. The molecule has 22 atom stereocenters. The van der Waals surface area contributed by atoms with Crippen LogP contribution in [0.5, 0.6) is 0 Å². The first-order valence-corrected chi connectivity index (χ1v) is 42.1. The molecule has 1 amide bonds. The van der Waals surface area contributed by atoms with Crippen molar-refractivity contribution in [3.05, 3.63) is 191 Å². The number of aliphatic hydroxyl groups is 6. The molecule has 6 fully saturated rings. The molecule has 2 aliphatic heterocycles. The number of carbonyl (C=O) groups excluding carboxylic acids is 11. The molecule has 4 aromatic rings. The van der Waals surface area contributed by atoms with Crippen molar-refractivity contribution in [1.82, 2.24) is 5.32 Å². The molecule has 6 aliphatic carbocycles. The van der Waals surface area contributed by atoms with Gasteiger partial charge >= 0.3 is 53.7 Å². The number of allylic oxidation sites excluding steroid dienone is 2. The van der Waals surface area contributed by atoms with E-state index in [0.29, 0.717) is 30.4 Å². The van der Waals surface area contributed by atoms with Gasteiger partial charge in [0.05, 0.1) is 65.3 Å². The fourth-order valence-electron chi connectivity index (χ4n) is 20.0. The summed E-state index contributed by atoms with van der Waals surface area (Å²) in [7, 11) is 0. The molecule has 0 spiro atoms. The molecule has 4 bridgehead atoms. The fraction of sp³-hybridized carbons (Fsp3) is 0.532. The number of fused-ring (bicyclic) bond motifs is 10. The summed E-state index contributed by atoms with van der Waals surface area (Å²) < 4.78 is 60.2. The van der Waals surface area contributed by atoms with Crippen molar-refractivity contribution in [1.29, 1.82) is 0 Å². The van der Waals surface area contributed by atoms with Gasteiger partial charge in [-0.25, -0.2) is 19.2 Å². The Labute approximate surface area is 737 Å². The number of hydrogen-bond donors (Lipinski definition) is 9. The van der Waals surface area contributed by atoms with E-state index in [1.165, 1.54) is 52.0 Å². The first kappa shape index (κ1) is 99.6. The van der Waals surface area contributed by atoms with Gasteiger partial charge in [-0.1, -0.05) is 137 Å². The highest BCUT2D eigenvalue weighted by Gasteiger charge is 2.81. The number of ether oxygens (including phenoxy) is 10. The molecule has 31 nitrogen and oxygen atoms in total. The maximum atomic E-state index is 15.5. The molecule has 11 N–H and O–H groups in total. The Morgan fingerprint density at radius 2 is 0.873 bits per heavy atom. The van der Waals surface area contributed by atoms with Gasteiger partial charge in [-0.15, -0.1) is 13.2 Å². The predicted molar refractivity (Wildman–Crippen MR) is 444 cm³/mol. The van der Waals surface area contributed by atoms with Crippen LogP contribution in [0, 0.1) is 33.5 Å². The van der Waals surface area contributed by atoms with Crippen molar-refractivity contribution in [3.63, 3.8) is 0 Å². The summed E-state index contributed by atoms with van der Waals surface area (Å²) in [5.41, 5.74) is -9.88. The topological polar surface area (TPSA) is 478 Å². The van der Waals surface area contributed by atoms with Crippen LogP contribution in [0.3, 0.4) is 0 Å². The summed E-state index contributed by atoms with van der Waals surface area (Å²) >= 11 is 0. The number of carbonyl (C=O) groups is 12. The van der Waals surface area contributed by atoms with E-state index in [2.05, 4.69) is 24.2 Å². The quantitative estimate of drug-likeness (QED) is 0.0171. The van der Waals surface area contributed by atoms with Crippen LogP contribution in [0.1, 0.15) is 204 Å². The highest BCUT2D eigenvalue weighted by Crippen LogP contribution is 2.67. The number of amides is 1. The number of rotatable bonds is 27. The molecule has 4 aromatic carbocycles. The number of aliphatic carboxylic acids is 1. The Morgan fingerprint density at radius 3 is 1.21 bits per heavy atom. The Morgan fingerprint density at radius 1 is 0.516 bits per heavy atom. The lowest BCUT2D eigenvalue weighted by molar-refractivity contribution is -0.441. The van der Waals surface area contributed by atoms with Crippen molar-refractivity contribution in [2.45, 2.75) is 268 Å². The largest absolute Gasteiger partial charge is 1.00 e. The number of aliphatic hydroxyl groups excluding tert-OH is 4. The zero-order chi connectivity index (χ0) is 92.0. The van der Waals surface area contributed by atoms with Crippen molar-refractivity contribution >= 4 is 71.2 Å². The number of unbranched alkanes of at least 4 members (excludes halogenated alkanes) is 4. The second kappa shape index (κ2) is 40.0. The van der Waals surface area contributed by atoms with Gasteiger partial charge in [0.1, 0.15) is 53.9 Å². The molecule has 0 radical (unpaired) electrons. The number of benzene rings is 4. The van der Waals surface area contributed by atoms with Gasteiger partial charge in [0.15, 0.2) is 41.1 Å². The molecule has 126 heavy (non-hydrogen) atoms. The molecule has 684 valence electrons. The molecule has 32 heteroatoms.